The molecule has 44 heavy (non-hydrogen) atoms. The van der Waals surface area contributed by atoms with E-state index in [2.05, 4.69) is 14.7 Å². The molecule has 0 amide bonds. The van der Waals surface area contributed by atoms with E-state index in [1.807, 2.05) is 0 Å². The number of nitrogens with one attached hydrogen (secondary N) is 1. The van der Waals surface area contributed by atoms with Crippen LogP contribution < -0.4 is 20.6 Å². The molecule has 14 heteroatoms. The number of hydrogen-bond donors (Lipinski definition) is 3. The van der Waals surface area contributed by atoms with E-state index in [1.165, 1.54) is 54.5 Å². The topological polar surface area (TPSA) is 158 Å². The molecule has 1 unspecified atom stereocenters. The van der Waals surface area contributed by atoms with Gasteiger partial charge in [0.1, 0.15) is 58.0 Å². The zero-order valence-electron chi connectivity index (χ0n) is 23.2. The number of nitrogen functional groups attached to an aromatic ring is 1. The summed E-state index contributed by atoms with van der Waals surface area (Å²) in [6.07, 6.45) is 1.27. The Balaban J connectivity index is 1.59. The maximum atomic E-state index is 14.9. The van der Waals surface area contributed by atoms with Crippen molar-refractivity contribution in [2.24, 2.45) is 0 Å². The van der Waals surface area contributed by atoms with Gasteiger partial charge in [-0.1, -0.05) is 18.2 Å². The number of aromatic nitrogens is 4. The predicted octanol–water partition coefficient (Wildman–Crippen LogP) is 4.97. The van der Waals surface area contributed by atoms with Gasteiger partial charge in [0.25, 0.3) is 0 Å². The Morgan fingerprint density at radius 2 is 1.89 bits per heavy atom. The molecular weight excluding hydrogens is 594 g/mol. The summed E-state index contributed by atoms with van der Waals surface area (Å²) in [5.74, 6) is -0.663. The van der Waals surface area contributed by atoms with Gasteiger partial charge in [0.15, 0.2) is 5.65 Å². The van der Waals surface area contributed by atoms with Gasteiger partial charge in [-0.2, -0.15) is 5.10 Å². The van der Waals surface area contributed by atoms with E-state index < -0.39 is 34.4 Å². The molecule has 0 radical (unpaired) electrons. The van der Waals surface area contributed by atoms with Crippen LogP contribution in [-0.4, -0.2) is 35.6 Å². The van der Waals surface area contributed by atoms with E-state index in [9.17, 15) is 22.3 Å². The van der Waals surface area contributed by atoms with Crippen LogP contribution in [0.3, 0.4) is 0 Å². The van der Waals surface area contributed by atoms with E-state index in [1.54, 1.807) is 25.1 Å². The smallest absolute Gasteiger partial charge is 0.232 e. The highest BCUT2D eigenvalue weighted by molar-refractivity contribution is 7.77. The first kappa shape index (κ1) is 29.0. The van der Waals surface area contributed by atoms with Crippen molar-refractivity contribution in [3.05, 3.63) is 100 Å². The second kappa shape index (κ2) is 11.6. The Labute approximate surface area is 250 Å². The van der Waals surface area contributed by atoms with Gasteiger partial charge in [0.2, 0.25) is 16.7 Å². The number of ether oxygens (including phenoxy) is 1. The third-order valence-electron chi connectivity index (χ3n) is 7.21. The molecule has 4 N–H and O–H groups in total. The Morgan fingerprint density at radius 3 is 2.64 bits per heavy atom. The number of rotatable bonds is 8. The Hall–Kier alpha value is -5.05. The first-order chi connectivity index (χ1) is 21.2. The quantitative estimate of drug-likeness (QED) is 0.200. The summed E-state index contributed by atoms with van der Waals surface area (Å²) in [7, 11) is 1.48. The number of halogens is 2. The monoisotopic (exact) mass is 618 g/mol. The highest BCUT2D eigenvalue weighted by Gasteiger charge is 2.28. The fraction of sp³-hybridized carbons (Fsp3) is 0.133. The molecule has 0 fully saturated rings. The molecule has 0 bridgehead atoms. The first-order valence-electron chi connectivity index (χ1n) is 13.2. The highest BCUT2D eigenvalue weighted by atomic mass is 32.2. The zero-order chi connectivity index (χ0) is 31.1. The molecule has 0 saturated carbocycles. The van der Waals surface area contributed by atoms with Crippen molar-refractivity contribution in [3.63, 3.8) is 0 Å². The van der Waals surface area contributed by atoms with Crippen LogP contribution in [0.1, 0.15) is 24.3 Å². The van der Waals surface area contributed by atoms with Crippen molar-refractivity contribution < 1.29 is 26.7 Å². The van der Waals surface area contributed by atoms with Crippen LogP contribution in [0.4, 0.5) is 14.6 Å². The molecule has 0 aliphatic carbocycles. The van der Waals surface area contributed by atoms with Gasteiger partial charge in [-0.15, -0.1) is 0 Å². The number of hydrogen-bond acceptors (Lipinski definition) is 8. The number of nitrogens with two attached hydrogens (primary N) is 1. The van der Waals surface area contributed by atoms with Crippen molar-refractivity contribution in [1.29, 1.82) is 0 Å². The number of fused-ring (bicyclic) bond motifs is 2. The van der Waals surface area contributed by atoms with E-state index in [0.29, 0.717) is 33.6 Å². The molecule has 0 aliphatic heterocycles. The maximum absolute atomic E-state index is 14.9. The third kappa shape index (κ3) is 5.08. The SMILES string of the molecule is COc1ccc(-c2nn([C@@H](C)c3oc4cccc(F)c4c(=O)c3-c3cccc(F)c3)c3ncnc(N)c23)cc1CNS(=O)O. The van der Waals surface area contributed by atoms with E-state index in [0.717, 1.165) is 6.07 Å². The Kier molecular flexibility index (Phi) is 7.63. The predicted molar refractivity (Wildman–Crippen MR) is 161 cm³/mol. The molecule has 0 saturated heterocycles. The van der Waals surface area contributed by atoms with Crippen molar-refractivity contribution in [3.8, 4) is 28.1 Å². The lowest BCUT2D eigenvalue weighted by Crippen LogP contribution is -2.17. The summed E-state index contributed by atoms with van der Waals surface area (Å²) in [5, 5.41) is 4.96. The molecular formula is C30H24F2N6O5S. The summed E-state index contributed by atoms with van der Waals surface area (Å²) < 4.78 is 65.3. The van der Waals surface area contributed by atoms with Crippen LogP contribution in [0.25, 0.3) is 44.4 Å². The summed E-state index contributed by atoms with van der Waals surface area (Å²) in [4.78, 5) is 22.4. The minimum Gasteiger partial charge on any atom is -0.496 e. The lowest BCUT2D eigenvalue weighted by molar-refractivity contribution is 0.409. The number of methoxy groups -OCH3 is 1. The lowest BCUT2D eigenvalue weighted by atomic mass is 9.99. The summed E-state index contributed by atoms with van der Waals surface area (Å²) in [5.41, 5.74) is 7.64. The summed E-state index contributed by atoms with van der Waals surface area (Å²) in [6, 6.07) is 13.8. The van der Waals surface area contributed by atoms with Crippen molar-refractivity contribution in [2.75, 3.05) is 12.8 Å². The van der Waals surface area contributed by atoms with Gasteiger partial charge in [-0.3, -0.25) is 9.35 Å². The molecule has 2 atom stereocenters. The minimum atomic E-state index is -2.26. The number of anilines is 1. The normalized spacial score (nSPS) is 12.9. The second-order valence-electron chi connectivity index (χ2n) is 9.82. The standard InChI is InChI=1S/C30H24F2N6O5S/c1-15(28-23(16-5-3-6-19(31)12-16)27(39)24-20(32)7-4-8-22(24)43-28)38-30-25(29(33)34-14-35-30)26(37-38)17-9-10-21(42-2)18(11-17)13-36-44(40)41/h3-12,14-15,36H,13H2,1-2H3,(H,40,41)(H2,33,34,35)/t15-/m0/s1. The molecule has 11 nitrogen and oxygen atoms in total. The van der Waals surface area contributed by atoms with Gasteiger partial charge in [0.05, 0.1) is 18.1 Å². The van der Waals surface area contributed by atoms with Crippen LogP contribution >= 0.6 is 0 Å². The van der Waals surface area contributed by atoms with Gasteiger partial charge < -0.3 is 14.9 Å². The van der Waals surface area contributed by atoms with E-state index in [-0.39, 0.29) is 40.2 Å². The molecule has 0 aliphatic rings. The zero-order valence-corrected chi connectivity index (χ0v) is 24.1. The van der Waals surface area contributed by atoms with Crippen LogP contribution in [0.2, 0.25) is 0 Å². The highest BCUT2D eigenvalue weighted by Crippen LogP contribution is 2.37. The average Bonchev–Trinajstić information content (AvgIpc) is 3.40. The van der Waals surface area contributed by atoms with Gasteiger partial charge in [0, 0.05) is 17.7 Å². The van der Waals surface area contributed by atoms with E-state index >= 15 is 0 Å². The first-order valence-corrected chi connectivity index (χ1v) is 14.3. The second-order valence-corrected chi connectivity index (χ2v) is 10.6. The van der Waals surface area contributed by atoms with Crippen molar-refractivity contribution >= 4 is 39.1 Å². The summed E-state index contributed by atoms with van der Waals surface area (Å²) >= 11 is -2.26. The fourth-order valence-electron chi connectivity index (χ4n) is 5.21. The third-order valence-corrected chi connectivity index (χ3v) is 7.60. The average molecular weight is 619 g/mol. The van der Waals surface area contributed by atoms with Crippen molar-refractivity contribution in [2.45, 2.75) is 19.5 Å². The molecule has 3 aromatic carbocycles. The van der Waals surface area contributed by atoms with Crippen LogP contribution in [0.15, 0.2) is 76.2 Å². The Morgan fingerprint density at radius 1 is 1.09 bits per heavy atom. The molecule has 6 rings (SSSR count). The van der Waals surface area contributed by atoms with Crippen LogP contribution in [-0.2, 0) is 17.8 Å². The fourth-order valence-corrected chi connectivity index (χ4v) is 5.49. The summed E-state index contributed by atoms with van der Waals surface area (Å²) in [6.45, 7) is 1.72. The number of benzene rings is 3. The molecule has 224 valence electrons. The maximum Gasteiger partial charge on any atom is 0.232 e. The molecule has 6 aromatic rings. The minimum absolute atomic E-state index is 0.0106. The van der Waals surface area contributed by atoms with Crippen LogP contribution in [0.5, 0.6) is 5.75 Å². The lowest BCUT2D eigenvalue weighted by Gasteiger charge is -2.17. The van der Waals surface area contributed by atoms with Gasteiger partial charge in [-0.25, -0.2) is 32.4 Å². The largest absolute Gasteiger partial charge is 0.496 e. The van der Waals surface area contributed by atoms with Gasteiger partial charge in [-0.05, 0) is 55.0 Å². The van der Waals surface area contributed by atoms with Crippen LogP contribution in [0, 0.1) is 11.6 Å². The Bertz CT molecular complexity index is 2150. The number of nitrogens with zero attached hydrogens (tertiary/aromatic N) is 4. The van der Waals surface area contributed by atoms with E-state index in [4.69, 9.17) is 20.0 Å². The molecule has 3 heterocycles. The molecule has 3 aromatic heterocycles. The van der Waals surface area contributed by atoms with Gasteiger partial charge >= 0.3 is 0 Å². The van der Waals surface area contributed by atoms with Crippen molar-refractivity contribution in [1.82, 2.24) is 24.5 Å². The molecule has 0 spiro atoms.